The zero-order valence-corrected chi connectivity index (χ0v) is 18.4. The first-order chi connectivity index (χ1) is 14.4. The number of nitrogens with one attached hydrogen (secondary N) is 1. The summed E-state index contributed by atoms with van der Waals surface area (Å²) >= 11 is 1.73. The Bertz CT molecular complexity index is 1110. The monoisotopic (exact) mass is 449 g/mol. The number of ether oxygens (including phenoxy) is 2. The third-order valence-electron chi connectivity index (χ3n) is 5.21. The van der Waals surface area contributed by atoms with Gasteiger partial charge in [0.2, 0.25) is 5.91 Å². The van der Waals surface area contributed by atoms with Crippen molar-refractivity contribution in [1.29, 1.82) is 0 Å². The molecule has 2 aliphatic heterocycles. The quantitative estimate of drug-likeness (QED) is 0.677. The van der Waals surface area contributed by atoms with Crippen LogP contribution in [0.1, 0.15) is 29.3 Å². The largest absolute Gasteiger partial charge is 0.493 e. The SMILES string of the molecule is COc1ccc(/C=C\C(=O)Nc2c3c(nn2C2CCS(=O)(=O)C2)CSC3)cc1OC. The zero-order valence-electron chi connectivity index (χ0n) is 16.8. The van der Waals surface area contributed by atoms with Crippen LogP contribution in [0.2, 0.25) is 0 Å². The van der Waals surface area contributed by atoms with Gasteiger partial charge in [-0.25, -0.2) is 13.1 Å². The van der Waals surface area contributed by atoms with E-state index >= 15 is 0 Å². The second-order valence-corrected chi connectivity index (χ2v) is 10.4. The Morgan fingerprint density at radius 1 is 1.27 bits per heavy atom. The van der Waals surface area contributed by atoms with E-state index < -0.39 is 9.84 Å². The van der Waals surface area contributed by atoms with Gasteiger partial charge < -0.3 is 14.8 Å². The molecule has 0 radical (unpaired) electrons. The molecule has 160 valence electrons. The van der Waals surface area contributed by atoms with Crippen molar-refractivity contribution < 1.29 is 22.7 Å². The van der Waals surface area contributed by atoms with Gasteiger partial charge in [0.05, 0.1) is 37.5 Å². The van der Waals surface area contributed by atoms with Crippen molar-refractivity contribution in [2.45, 2.75) is 24.0 Å². The van der Waals surface area contributed by atoms with Gasteiger partial charge in [0.1, 0.15) is 5.82 Å². The lowest BCUT2D eigenvalue weighted by Gasteiger charge is -2.14. The molecule has 1 N–H and O–H groups in total. The van der Waals surface area contributed by atoms with Crippen LogP contribution in [0.15, 0.2) is 24.3 Å². The van der Waals surface area contributed by atoms with Crippen molar-refractivity contribution in [1.82, 2.24) is 9.78 Å². The summed E-state index contributed by atoms with van der Waals surface area (Å²) in [5, 5.41) is 7.54. The Morgan fingerprint density at radius 3 is 2.77 bits per heavy atom. The minimum Gasteiger partial charge on any atom is -0.493 e. The summed E-state index contributed by atoms with van der Waals surface area (Å²) < 4.78 is 36.1. The number of nitrogens with zero attached hydrogens (tertiary/aromatic N) is 2. The lowest BCUT2D eigenvalue weighted by Crippen LogP contribution is -2.19. The van der Waals surface area contributed by atoms with Crippen molar-refractivity contribution in [3.8, 4) is 11.5 Å². The van der Waals surface area contributed by atoms with Crippen molar-refractivity contribution >= 4 is 39.4 Å². The van der Waals surface area contributed by atoms with Crippen LogP contribution in [-0.2, 0) is 26.1 Å². The third-order valence-corrected chi connectivity index (χ3v) is 7.93. The second-order valence-electron chi connectivity index (χ2n) is 7.21. The van der Waals surface area contributed by atoms with Crippen LogP contribution >= 0.6 is 11.8 Å². The van der Waals surface area contributed by atoms with Crippen LogP contribution in [0.3, 0.4) is 0 Å². The van der Waals surface area contributed by atoms with E-state index in [2.05, 4.69) is 10.4 Å². The highest BCUT2D eigenvalue weighted by molar-refractivity contribution is 7.98. The molecule has 8 nitrogen and oxygen atoms in total. The Kier molecular flexibility index (Phi) is 5.79. The van der Waals surface area contributed by atoms with Gasteiger partial charge in [-0.15, -0.1) is 0 Å². The van der Waals surface area contributed by atoms with Crippen LogP contribution < -0.4 is 14.8 Å². The summed E-state index contributed by atoms with van der Waals surface area (Å²) in [5.41, 5.74) is 2.69. The molecular weight excluding hydrogens is 426 g/mol. The van der Waals surface area contributed by atoms with Crippen molar-refractivity contribution in [3.63, 3.8) is 0 Å². The lowest BCUT2D eigenvalue weighted by atomic mass is 10.2. The maximum Gasteiger partial charge on any atom is 0.249 e. The van der Waals surface area contributed by atoms with Crippen molar-refractivity contribution in [3.05, 3.63) is 41.1 Å². The van der Waals surface area contributed by atoms with Crippen LogP contribution in [-0.4, -0.2) is 49.8 Å². The van der Waals surface area contributed by atoms with Crippen LogP contribution in [0.5, 0.6) is 11.5 Å². The van der Waals surface area contributed by atoms with E-state index in [9.17, 15) is 13.2 Å². The molecule has 1 saturated heterocycles. The molecule has 2 aromatic rings. The molecule has 30 heavy (non-hydrogen) atoms. The smallest absolute Gasteiger partial charge is 0.249 e. The molecule has 0 spiro atoms. The normalized spacial score (nSPS) is 19.7. The summed E-state index contributed by atoms with van der Waals surface area (Å²) in [6.45, 7) is 0. The highest BCUT2D eigenvalue weighted by atomic mass is 32.2. The fourth-order valence-corrected chi connectivity index (χ4v) is 6.41. The molecule has 1 unspecified atom stereocenters. The minimum atomic E-state index is -3.05. The Hall–Kier alpha value is -2.46. The predicted octanol–water partition coefficient (Wildman–Crippen LogP) is 2.66. The van der Waals surface area contributed by atoms with E-state index in [1.54, 1.807) is 48.9 Å². The van der Waals surface area contributed by atoms with Gasteiger partial charge in [0, 0.05) is 23.1 Å². The molecule has 1 aromatic carbocycles. The molecule has 10 heteroatoms. The molecule has 1 amide bonds. The number of carbonyl (C=O) groups is 1. The van der Waals surface area contributed by atoms with Crippen molar-refractivity contribution in [2.75, 3.05) is 31.0 Å². The highest BCUT2D eigenvalue weighted by Crippen LogP contribution is 2.38. The maximum atomic E-state index is 12.6. The first-order valence-electron chi connectivity index (χ1n) is 9.49. The summed E-state index contributed by atoms with van der Waals surface area (Å²) in [7, 11) is 0.0677. The first kappa shape index (κ1) is 20.8. The molecule has 1 atom stereocenters. The number of fused-ring (bicyclic) bond motifs is 1. The predicted molar refractivity (Wildman–Crippen MR) is 117 cm³/mol. The fourth-order valence-electron chi connectivity index (χ4n) is 3.68. The van der Waals surface area contributed by atoms with Crippen molar-refractivity contribution in [2.24, 2.45) is 0 Å². The van der Waals surface area contributed by atoms with E-state index in [0.717, 1.165) is 28.3 Å². The summed E-state index contributed by atoms with van der Waals surface area (Å²) in [4.78, 5) is 12.6. The number of thioether (sulfide) groups is 1. The molecule has 0 saturated carbocycles. The Labute approximate surface area is 179 Å². The fraction of sp³-hybridized carbons (Fsp3) is 0.400. The average Bonchev–Trinajstić information content (AvgIpc) is 3.41. The number of amides is 1. The molecule has 1 fully saturated rings. The lowest BCUT2D eigenvalue weighted by molar-refractivity contribution is -0.111. The van der Waals surface area contributed by atoms with E-state index in [1.807, 2.05) is 6.07 Å². The van der Waals surface area contributed by atoms with Gasteiger partial charge in [-0.1, -0.05) is 6.07 Å². The molecule has 1 aromatic heterocycles. The molecule has 4 rings (SSSR count). The van der Waals surface area contributed by atoms with E-state index in [0.29, 0.717) is 23.7 Å². The number of carbonyl (C=O) groups excluding carboxylic acids is 1. The Balaban J connectivity index is 1.54. The number of anilines is 1. The summed E-state index contributed by atoms with van der Waals surface area (Å²) in [5.74, 6) is 3.24. The number of rotatable bonds is 6. The second kappa shape index (κ2) is 8.35. The Morgan fingerprint density at radius 2 is 2.07 bits per heavy atom. The standard InChI is InChI=1S/C20H23N3O5S2/c1-27-17-5-3-13(9-18(17)28-2)4-6-19(24)21-20-15-10-29-11-16(15)22-23(20)14-7-8-30(25,26)12-14/h3-6,9,14H,7-8,10-12H2,1-2H3,(H,21,24)/b6-4-. The van der Waals surface area contributed by atoms with Gasteiger partial charge in [-0.3, -0.25) is 4.79 Å². The number of benzene rings is 1. The highest BCUT2D eigenvalue weighted by Gasteiger charge is 2.34. The molecule has 3 heterocycles. The zero-order chi connectivity index (χ0) is 21.3. The molecule has 0 bridgehead atoms. The van der Waals surface area contributed by atoms with Gasteiger partial charge in [0.15, 0.2) is 21.3 Å². The number of methoxy groups -OCH3 is 2. The van der Waals surface area contributed by atoms with E-state index in [4.69, 9.17) is 9.47 Å². The molecule has 0 aliphatic carbocycles. The first-order valence-corrected chi connectivity index (χ1v) is 12.5. The van der Waals surface area contributed by atoms with Crippen LogP contribution in [0, 0.1) is 0 Å². The number of hydrogen-bond donors (Lipinski definition) is 1. The van der Waals surface area contributed by atoms with Gasteiger partial charge >= 0.3 is 0 Å². The van der Waals surface area contributed by atoms with Crippen LogP contribution in [0.4, 0.5) is 5.82 Å². The molecular formula is C20H23N3O5S2. The summed E-state index contributed by atoms with van der Waals surface area (Å²) in [6.07, 6.45) is 3.64. The van der Waals surface area contributed by atoms with Gasteiger partial charge in [0.25, 0.3) is 0 Å². The van der Waals surface area contributed by atoms with E-state index in [-0.39, 0.29) is 23.5 Å². The topological polar surface area (TPSA) is 99.5 Å². The van der Waals surface area contributed by atoms with Gasteiger partial charge in [-0.05, 0) is 30.2 Å². The minimum absolute atomic E-state index is 0.0606. The number of hydrogen-bond acceptors (Lipinski definition) is 7. The molecule has 2 aliphatic rings. The number of aromatic nitrogens is 2. The van der Waals surface area contributed by atoms with Gasteiger partial charge in [-0.2, -0.15) is 16.9 Å². The third kappa shape index (κ3) is 4.20. The number of sulfone groups is 1. The maximum absolute atomic E-state index is 12.6. The van der Waals surface area contributed by atoms with Crippen LogP contribution in [0.25, 0.3) is 6.08 Å². The van der Waals surface area contributed by atoms with E-state index in [1.165, 1.54) is 6.08 Å². The average molecular weight is 450 g/mol. The summed E-state index contributed by atoms with van der Waals surface area (Å²) in [6, 6.07) is 5.14.